The maximum absolute atomic E-state index is 11.4. The number of ether oxygens (including phenoxy) is 1. The molecular formula is C13H15N3O2. The zero-order chi connectivity index (χ0) is 13.1. The topological polar surface area (TPSA) is 79.3 Å². The maximum atomic E-state index is 11.4. The highest BCUT2D eigenvalue weighted by atomic mass is 16.5. The van der Waals surface area contributed by atoms with E-state index in [-0.39, 0.29) is 6.61 Å². The first kappa shape index (κ1) is 12.4. The van der Waals surface area contributed by atoms with E-state index in [4.69, 9.17) is 15.7 Å². The predicted octanol–water partition coefficient (Wildman–Crippen LogP) is 0.557. The van der Waals surface area contributed by atoms with Crippen LogP contribution in [0.25, 0.3) is 0 Å². The number of primary amides is 1. The molecule has 1 aliphatic heterocycles. The fourth-order valence-corrected chi connectivity index (χ4v) is 2.10. The number of rotatable bonds is 2. The van der Waals surface area contributed by atoms with E-state index in [2.05, 4.69) is 6.07 Å². The van der Waals surface area contributed by atoms with Crippen LogP contribution in [0.2, 0.25) is 0 Å². The summed E-state index contributed by atoms with van der Waals surface area (Å²) in [7, 11) is 0. The van der Waals surface area contributed by atoms with Gasteiger partial charge < -0.3 is 15.4 Å². The molecule has 1 aromatic rings. The summed E-state index contributed by atoms with van der Waals surface area (Å²) in [5.74, 6) is -0.430. The highest BCUT2D eigenvalue weighted by Gasteiger charge is 2.29. The van der Waals surface area contributed by atoms with Crippen LogP contribution in [0.1, 0.15) is 11.1 Å². The molecule has 1 atom stereocenters. The summed E-state index contributed by atoms with van der Waals surface area (Å²) in [6.07, 6.45) is 0. The lowest BCUT2D eigenvalue weighted by Gasteiger charge is -2.36. The SMILES string of the molecule is Cc1ccc(C#N)c(N2CCOCC2C(N)=O)c1. The third kappa shape index (κ3) is 2.29. The fraction of sp³-hybridized carbons (Fsp3) is 0.385. The van der Waals surface area contributed by atoms with Gasteiger partial charge >= 0.3 is 0 Å². The second kappa shape index (κ2) is 5.07. The summed E-state index contributed by atoms with van der Waals surface area (Å²) < 4.78 is 5.27. The van der Waals surface area contributed by atoms with E-state index in [1.54, 1.807) is 6.07 Å². The van der Waals surface area contributed by atoms with Crippen LogP contribution < -0.4 is 10.6 Å². The molecule has 1 heterocycles. The molecular weight excluding hydrogens is 230 g/mol. The van der Waals surface area contributed by atoms with E-state index >= 15 is 0 Å². The van der Waals surface area contributed by atoms with E-state index in [1.807, 2.05) is 24.0 Å². The van der Waals surface area contributed by atoms with Crippen LogP contribution in [-0.4, -0.2) is 31.7 Å². The molecule has 5 heteroatoms. The minimum atomic E-state index is -0.507. The standard InChI is InChI=1S/C13H15N3O2/c1-9-2-3-10(7-14)11(6-9)16-4-5-18-8-12(16)13(15)17/h2-3,6,12H,4-5,8H2,1H3,(H2,15,17). The number of aryl methyl sites for hydroxylation is 1. The molecule has 0 aliphatic carbocycles. The normalized spacial score (nSPS) is 19.3. The molecule has 1 aromatic carbocycles. The van der Waals surface area contributed by atoms with Gasteiger partial charge in [0.15, 0.2) is 0 Å². The summed E-state index contributed by atoms with van der Waals surface area (Å²) in [6.45, 7) is 3.31. The van der Waals surface area contributed by atoms with Crippen LogP contribution >= 0.6 is 0 Å². The van der Waals surface area contributed by atoms with E-state index in [0.717, 1.165) is 11.3 Å². The van der Waals surface area contributed by atoms with Crippen molar-refractivity contribution in [2.24, 2.45) is 5.73 Å². The van der Waals surface area contributed by atoms with Crippen molar-refractivity contribution in [3.63, 3.8) is 0 Å². The van der Waals surface area contributed by atoms with Crippen molar-refractivity contribution >= 4 is 11.6 Å². The van der Waals surface area contributed by atoms with Crippen molar-refractivity contribution in [2.75, 3.05) is 24.7 Å². The Morgan fingerprint density at radius 3 is 3.06 bits per heavy atom. The Kier molecular flexibility index (Phi) is 3.49. The van der Waals surface area contributed by atoms with Crippen LogP contribution in [0.5, 0.6) is 0 Å². The molecule has 2 N–H and O–H groups in total. The number of nitrogens with two attached hydrogens (primary N) is 1. The molecule has 0 spiro atoms. The number of benzene rings is 1. The van der Waals surface area contributed by atoms with Crippen molar-refractivity contribution in [3.8, 4) is 6.07 Å². The molecule has 0 radical (unpaired) electrons. The van der Waals surface area contributed by atoms with Crippen molar-refractivity contribution in [3.05, 3.63) is 29.3 Å². The number of nitrogens with zero attached hydrogens (tertiary/aromatic N) is 2. The third-order valence-corrected chi connectivity index (χ3v) is 3.04. The second-order valence-electron chi connectivity index (χ2n) is 4.32. The molecule has 94 valence electrons. The summed E-state index contributed by atoms with van der Waals surface area (Å²) >= 11 is 0. The van der Waals surface area contributed by atoms with E-state index < -0.39 is 11.9 Å². The first-order chi connectivity index (χ1) is 8.63. The minimum absolute atomic E-state index is 0.272. The molecule has 1 unspecified atom stereocenters. The Bertz CT molecular complexity index is 507. The lowest BCUT2D eigenvalue weighted by molar-refractivity contribution is -0.121. The van der Waals surface area contributed by atoms with Gasteiger partial charge in [-0.3, -0.25) is 4.79 Å². The molecule has 0 saturated carbocycles. The first-order valence-corrected chi connectivity index (χ1v) is 5.78. The number of amides is 1. The Morgan fingerprint density at radius 1 is 1.61 bits per heavy atom. The van der Waals surface area contributed by atoms with Gasteiger partial charge in [-0.15, -0.1) is 0 Å². The van der Waals surface area contributed by atoms with Crippen molar-refractivity contribution < 1.29 is 9.53 Å². The average molecular weight is 245 g/mol. The van der Waals surface area contributed by atoms with Crippen molar-refractivity contribution in [2.45, 2.75) is 13.0 Å². The summed E-state index contributed by atoms with van der Waals surface area (Å²) in [5.41, 5.74) is 7.73. The number of hydrogen-bond donors (Lipinski definition) is 1. The number of morpholine rings is 1. The molecule has 0 bridgehead atoms. The van der Waals surface area contributed by atoms with Gasteiger partial charge in [0.25, 0.3) is 0 Å². The molecule has 18 heavy (non-hydrogen) atoms. The number of nitriles is 1. The molecule has 1 aliphatic rings. The monoisotopic (exact) mass is 245 g/mol. The maximum Gasteiger partial charge on any atom is 0.242 e. The van der Waals surface area contributed by atoms with Gasteiger partial charge in [-0.25, -0.2) is 0 Å². The van der Waals surface area contributed by atoms with Crippen LogP contribution in [-0.2, 0) is 9.53 Å². The summed E-state index contributed by atoms with van der Waals surface area (Å²) in [5, 5.41) is 9.14. The molecule has 5 nitrogen and oxygen atoms in total. The lowest BCUT2D eigenvalue weighted by Crippen LogP contribution is -2.52. The Morgan fingerprint density at radius 2 is 2.39 bits per heavy atom. The largest absolute Gasteiger partial charge is 0.377 e. The van der Waals surface area contributed by atoms with Gasteiger partial charge in [-0.1, -0.05) is 6.07 Å². The van der Waals surface area contributed by atoms with E-state index in [0.29, 0.717) is 18.7 Å². The van der Waals surface area contributed by atoms with Crippen LogP contribution in [0.3, 0.4) is 0 Å². The van der Waals surface area contributed by atoms with Crippen molar-refractivity contribution in [1.29, 1.82) is 5.26 Å². The van der Waals surface area contributed by atoms with Crippen LogP contribution in [0.4, 0.5) is 5.69 Å². The minimum Gasteiger partial charge on any atom is -0.377 e. The predicted molar refractivity (Wildman–Crippen MR) is 67.0 cm³/mol. The molecule has 0 aromatic heterocycles. The van der Waals surface area contributed by atoms with Gasteiger partial charge in [0.05, 0.1) is 24.5 Å². The Hall–Kier alpha value is -2.06. The van der Waals surface area contributed by atoms with E-state index in [1.165, 1.54) is 0 Å². The number of carbonyl (C=O) groups is 1. The Labute approximate surface area is 106 Å². The van der Waals surface area contributed by atoms with Gasteiger partial charge in [0, 0.05) is 6.54 Å². The van der Waals surface area contributed by atoms with E-state index in [9.17, 15) is 4.79 Å². The smallest absolute Gasteiger partial charge is 0.242 e. The fourth-order valence-electron chi connectivity index (χ4n) is 2.10. The van der Waals surface area contributed by atoms with Crippen LogP contribution in [0.15, 0.2) is 18.2 Å². The zero-order valence-corrected chi connectivity index (χ0v) is 10.2. The van der Waals surface area contributed by atoms with Crippen LogP contribution in [0, 0.1) is 18.3 Å². The highest BCUT2D eigenvalue weighted by Crippen LogP contribution is 2.25. The van der Waals surface area contributed by atoms with Gasteiger partial charge in [0.2, 0.25) is 5.91 Å². The summed E-state index contributed by atoms with van der Waals surface area (Å²) in [6, 6.07) is 7.18. The summed E-state index contributed by atoms with van der Waals surface area (Å²) in [4.78, 5) is 13.3. The van der Waals surface area contributed by atoms with Gasteiger partial charge in [-0.2, -0.15) is 5.26 Å². The number of carbonyl (C=O) groups excluding carboxylic acids is 1. The quantitative estimate of drug-likeness (QED) is 0.825. The second-order valence-corrected chi connectivity index (χ2v) is 4.32. The molecule has 1 saturated heterocycles. The molecule has 1 amide bonds. The Balaban J connectivity index is 2.42. The third-order valence-electron chi connectivity index (χ3n) is 3.04. The highest BCUT2D eigenvalue weighted by molar-refractivity contribution is 5.84. The number of hydrogen-bond acceptors (Lipinski definition) is 4. The van der Waals surface area contributed by atoms with Gasteiger partial charge in [-0.05, 0) is 24.6 Å². The lowest BCUT2D eigenvalue weighted by atomic mass is 10.1. The van der Waals surface area contributed by atoms with Gasteiger partial charge in [0.1, 0.15) is 12.1 Å². The number of anilines is 1. The molecule has 2 rings (SSSR count). The molecule has 1 fully saturated rings. The van der Waals surface area contributed by atoms with Crippen molar-refractivity contribution in [1.82, 2.24) is 0 Å². The first-order valence-electron chi connectivity index (χ1n) is 5.78. The average Bonchev–Trinajstić information content (AvgIpc) is 2.38. The zero-order valence-electron chi connectivity index (χ0n) is 10.2.